The Kier molecular flexibility index (Phi) is 6.97. The molecule has 0 saturated carbocycles. The summed E-state index contributed by atoms with van der Waals surface area (Å²) in [5.41, 5.74) is 2.59. The van der Waals surface area contributed by atoms with Gasteiger partial charge in [0, 0.05) is 54.5 Å². The highest BCUT2D eigenvalue weighted by Crippen LogP contribution is 2.40. The smallest absolute Gasteiger partial charge is 0.286 e. The van der Waals surface area contributed by atoms with E-state index in [0.29, 0.717) is 44.5 Å². The van der Waals surface area contributed by atoms with Crippen molar-refractivity contribution in [3.05, 3.63) is 105 Å². The molecule has 0 aliphatic rings. The third kappa shape index (κ3) is 4.87. The second-order valence-corrected chi connectivity index (χ2v) is 9.97. The van der Waals surface area contributed by atoms with E-state index >= 15 is 0 Å². The van der Waals surface area contributed by atoms with Crippen molar-refractivity contribution in [2.45, 2.75) is 38.7 Å². The molecular formula is C30H27F2N7O2. The van der Waals surface area contributed by atoms with Crippen LogP contribution in [0.4, 0.5) is 8.78 Å². The summed E-state index contributed by atoms with van der Waals surface area (Å²) in [6.45, 7) is 4.47. The lowest BCUT2D eigenvalue weighted by Gasteiger charge is -2.30. The Hall–Kier alpha value is -4.82. The first-order chi connectivity index (χ1) is 19.5. The van der Waals surface area contributed by atoms with Gasteiger partial charge in [0.15, 0.2) is 5.60 Å². The van der Waals surface area contributed by atoms with Crippen LogP contribution in [0, 0.1) is 25.2 Å². The van der Waals surface area contributed by atoms with Crippen LogP contribution in [-0.2, 0) is 25.0 Å². The third-order valence-electron chi connectivity index (χ3n) is 7.13. The molecule has 4 aromatic heterocycles. The van der Waals surface area contributed by atoms with Crippen molar-refractivity contribution in [3.8, 4) is 11.9 Å². The number of rotatable bonds is 7. The highest BCUT2D eigenvalue weighted by atomic mass is 19.3. The maximum Gasteiger partial charge on any atom is 0.286 e. The summed E-state index contributed by atoms with van der Waals surface area (Å²) < 4.78 is 34.4. The molecule has 0 fully saturated rings. The molecule has 5 aromatic rings. The fourth-order valence-corrected chi connectivity index (χ4v) is 5.09. The van der Waals surface area contributed by atoms with Crippen molar-refractivity contribution in [1.29, 1.82) is 5.26 Å². The first kappa shape index (κ1) is 27.7. The normalized spacial score (nSPS) is 13.1. The molecule has 0 aliphatic carbocycles. The van der Waals surface area contributed by atoms with E-state index in [2.05, 4.69) is 31.3 Å². The molecule has 0 saturated heterocycles. The minimum absolute atomic E-state index is 0.165. The summed E-state index contributed by atoms with van der Waals surface area (Å²) in [7, 11) is 3.14. The molecule has 208 valence electrons. The molecule has 4 heterocycles. The van der Waals surface area contributed by atoms with Gasteiger partial charge < -0.3 is 9.84 Å². The minimum atomic E-state index is -3.07. The van der Waals surface area contributed by atoms with Crippen LogP contribution in [0.25, 0.3) is 10.9 Å². The van der Waals surface area contributed by atoms with Crippen LogP contribution in [-0.4, -0.2) is 42.2 Å². The number of nitrogens with zero attached hydrogens (tertiary/aromatic N) is 7. The number of alkyl halides is 2. The van der Waals surface area contributed by atoms with Gasteiger partial charge in [-0.15, -0.1) is 5.10 Å². The van der Waals surface area contributed by atoms with Gasteiger partial charge in [-0.05, 0) is 49.2 Å². The molecule has 1 unspecified atom stereocenters. The fraction of sp³-hybridized carbons (Fsp3) is 0.267. The number of hydrogen-bond acceptors (Lipinski definition) is 8. The van der Waals surface area contributed by atoms with Crippen molar-refractivity contribution in [1.82, 2.24) is 29.9 Å². The molecule has 9 nitrogen and oxygen atoms in total. The maximum absolute atomic E-state index is 13.7. The largest absolute Gasteiger partial charge is 0.481 e. The van der Waals surface area contributed by atoms with Gasteiger partial charge in [0.25, 0.3) is 5.92 Å². The highest BCUT2D eigenvalue weighted by molar-refractivity contribution is 5.88. The van der Waals surface area contributed by atoms with Gasteiger partial charge in [0.2, 0.25) is 5.88 Å². The van der Waals surface area contributed by atoms with E-state index in [1.165, 1.54) is 30.3 Å². The number of benzene rings is 1. The fourth-order valence-electron chi connectivity index (χ4n) is 5.09. The Balaban J connectivity index is 1.71. The van der Waals surface area contributed by atoms with E-state index in [1.807, 2.05) is 26.0 Å². The monoisotopic (exact) mass is 555 g/mol. The van der Waals surface area contributed by atoms with Crippen molar-refractivity contribution in [2.75, 3.05) is 7.11 Å². The number of aryl methyl sites for hydroxylation is 3. The highest BCUT2D eigenvalue weighted by Gasteiger charge is 2.39. The van der Waals surface area contributed by atoms with Gasteiger partial charge in [0.1, 0.15) is 11.8 Å². The number of pyridine rings is 3. The van der Waals surface area contributed by atoms with Gasteiger partial charge in [-0.1, -0.05) is 23.4 Å². The summed E-state index contributed by atoms with van der Waals surface area (Å²) in [6, 6.07) is 13.9. The molecule has 0 bridgehead atoms. The lowest BCUT2D eigenvalue weighted by Crippen LogP contribution is -2.32. The van der Waals surface area contributed by atoms with Crippen molar-refractivity contribution in [2.24, 2.45) is 7.05 Å². The first-order valence-corrected chi connectivity index (χ1v) is 12.7. The second-order valence-electron chi connectivity index (χ2n) is 9.97. The number of fused-ring (bicyclic) bond motifs is 1. The van der Waals surface area contributed by atoms with E-state index in [4.69, 9.17) is 4.74 Å². The van der Waals surface area contributed by atoms with Gasteiger partial charge in [-0.3, -0.25) is 9.97 Å². The van der Waals surface area contributed by atoms with Crippen molar-refractivity contribution in [3.63, 3.8) is 0 Å². The van der Waals surface area contributed by atoms with Crippen LogP contribution < -0.4 is 4.74 Å². The summed E-state index contributed by atoms with van der Waals surface area (Å²) >= 11 is 0. The van der Waals surface area contributed by atoms with E-state index in [0.717, 1.165) is 12.6 Å². The van der Waals surface area contributed by atoms with Gasteiger partial charge in [0.05, 0.1) is 30.1 Å². The molecule has 1 atom stereocenters. The number of nitriles is 1. The number of aliphatic hydroxyl groups is 1. The molecule has 1 aromatic carbocycles. The van der Waals surface area contributed by atoms with Gasteiger partial charge >= 0.3 is 0 Å². The molecule has 0 aliphatic heterocycles. The minimum Gasteiger partial charge on any atom is -0.481 e. The standard InChI is InChI=1S/C30H27F2N7O2/c1-17-6-9-24(18(2)36-17)30(40,27-16-35-38-39(27)4)20-8-10-25-21(13-20)23(14-33)22(28(37-25)41-5)12-19-7-11-26(34-15-19)29(3,31)32/h6-11,13,15-16,40H,12H2,1-5H3. The quantitative estimate of drug-likeness (QED) is 0.308. The Morgan fingerprint density at radius 2 is 1.85 bits per heavy atom. The van der Waals surface area contributed by atoms with Gasteiger partial charge in [-0.2, -0.15) is 14.0 Å². The van der Waals surface area contributed by atoms with Crippen LogP contribution in [0.2, 0.25) is 0 Å². The van der Waals surface area contributed by atoms with Crippen molar-refractivity contribution < 1.29 is 18.6 Å². The Morgan fingerprint density at radius 1 is 1.07 bits per heavy atom. The molecule has 1 N–H and O–H groups in total. The SMILES string of the molecule is COc1nc2ccc(C(O)(c3ccc(C)nc3C)c3cnnn3C)cc2c(C#N)c1Cc1ccc(C(C)(F)F)nc1. The molecule has 41 heavy (non-hydrogen) atoms. The summed E-state index contributed by atoms with van der Waals surface area (Å²) in [4.78, 5) is 13.1. The zero-order chi connectivity index (χ0) is 29.5. The number of ether oxygens (including phenoxy) is 1. The average molecular weight is 556 g/mol. The first-order valence-electron chi connectivity index (χ1n) is 12.7. The predicted octanol–water partition coefficient (Wildman–Crippen LogP) is 4.64. The summed E-state index contributed by atoms with van der Waals surface area (Å²) in [5, 5.41) is 31.3. The number of hydrogen-bond donors (Lipinski definition) is 1. The second kappa shape index (κ2) is 10.3. The Morgan fingerprint density at radius 3 is 2.44 bits per heavy atom. The molecule has 0 spiro atoms. The van der Waals surface area contributed by atoms with Crippen LogP contribution in [0.15, 0.2) is 54.9 Å². The van der Waals surface area contributed by atoms with Crippen molar-refractivity contribution >= 4 is 10.9 Å². The zero-order valence-electron chi connectivity index (χ0n) is 23.1. The summed E-state index contributed by atoms with van der Waals surface area (Å²) in [6.07, 6.45) is 3.01. The Bertz CT molecular complexity index is 1810. The maximum atomic E-state index is 13.7. The van der Waals surface area contributed by atoms with E-state index < -0.39 is 11.5 Å². The number of aromatic nitrogens is 6. The van der Waals surface area contributed by atoms with E-state index in [1.54, 1.807) is 31.3 Å². The van der Waals surface area contributed by atoms with Gasteiger partial charge in [-0.25, -0.2) is 9.67 Å². The Labute approximate surface area is 235 Å². The molecule has 11 heteroatoms. The topological polar surface area (TPSA) is 123 Å². The molecule has 0 amide bonds. The number of methoxy groups -OCH3 is 1. The van der Waals surface area contributed by atoms with E-state index in [9.17, 15) is 19.1 Å². The third-order valence-corrected chi connectivity index (χ3v) is 7.13. The summed E-state index contributed by atoms with van der Waals surface area (Å²) in [5.74, 6) is -2.84. The van der Waals surface area contributed by atoms with E-state index in [-0.39, 0.29) is 23.6 Å². The lowest BCUT2D eigenvalue weighted by molar-refractivity contribution is 0.0127. The lowest BCUT2D eigenvalue weighted by atomic mass is 9.81. The van der Waals surface area contributed by atoms with Crippen LogP contribution in [0.5, 0.6) is 5.88 Å². The molecule has 0 radical (unpaired) electrons. The molecular weight excluding hydrogens is 528 g/mol. The number of halogens is 2. The predicted molar refractivity (Wildman–Crippen MR) is 146 cm³/mol. The molecule has 5 rings (SSSR count). The van der Waals surface area contributed by atoms with Crippen LogP contribution >= 0.6 is 0 Å². The average Bonchev–Trinajstić information content (AvgIpc) is 3.38. The van der Waals surface area contributed by atoms with Crippen LogP contribution in [0.3, 0.4) is 0 Å². The zero-order valence-corrected chi connectivity index (χ0v) is 23.1. The van der Waals surface area contributed by atoms with Crippen LogP contribution in [0.1, 0.15) is 57.5 Å².